The molecular weight excluding hydrogens is 328 g/mol. The highest BCUT2D eigenvalue weighted by atomic mass is 16.2. The number of hydrogen-bond acceptors (Lipinski definition) is 4. The molecule has 1 saturated heterocycles. The van der Waals surface area contributed by atoms with Crippen LogP contribution in [0.1, 0.15) is 31.2 Å². The zero-order valence-corrected chi connectivity index (χ0v) is 15.6. The van der Waals surface area contributed by atoms with Crippen LogP contribution in [0, 0.1) is 0 Å². The molecule has 1 aromatic rings. The van der Waals surface area contributed by atoms with E-state index in [2.05, 4.69) is 34.3 Å². The van der Waals surface area contributed by atoms with Gasteiger partial charge >= 0.3 is 0 Å². The summed E-state index contributed by atoms with van der Waals surface area (Å²) in [5.41, 5.74) is 1.90. The molecule has 2 amide bonds. The van der Waals surface area contributed by atoms with Crippen LogP contribution in [0.3, 0.4) is 0 Å². The van der Waals surface area contributed by atoms with E-state index in [1.807, 2.05) is 11.0 Å². The summed E-state index contributed by atoms with van der Waals surface area (Å²) in [5.74, 6) is -0.0301. The summed E-state index contributed by atoms with van der Waals surface area (Å²) in [5, 5.41) is 5.46. The molecule has 6 heteroatoms. The molecule has 1 fully saturated rings. The van der Waals surface area contributed by atoms with Crippen molar-refractivity contribution in [2.75, 3.05) is 39.8 Å². The predicted octanol–water partition coefficient (Wildman–Crippen LogP) is 1.76. The Balaban J connectivity index is 1.46. The van der Waals surface area contributed by atoms with E-state index in [1.165, 1.54) is 10.6 Å². The number of rotatable bonds is 5. The zero-order chi connectivity index (χ0) is 18.4. The molecule has 0 aliphatic carbocycles. The third kappa shape index (κ3) is 4.91. The number of carbonyl (C=O) groups is 2. The third-order valence-corrected chi connectivity index (χ3v) is 5.11. The van der Waals surface area contributed by atoms with Crippen molar-refractivity contribution >= 4 is 17.5 Å². The molecule has 2 aliphatic heterocycles. The van der Waals surface area contributed by atoms with Gasteiger partial charge in [-0.1, -0.05) is 30.3 Å². The van der Waals surface area contributed by atoms with Crippen molar-refractivity contribution in [3.05, 3.63) is 35.9 Å². The first kappa shape index (κ1) is 18.6. The summed E-state index contributed by atoms with van der Waals surface area (Å²) in [6, 6.07) is 10.6. The molecule has 1 aromatic carbocycles. The first-order chi connectivity index (χ1) is 12.6. The minimum atomic E-state index is -0.0259. The molecule has 0 radical (unpaired) electrons. The van der Waals surface area contributed by atoms with Crippen LogP contribution < -0.4 is 0 Å². The summed E-state index contributed by atoms with van der Waals surface area (Å²) in [4.78, 5) is 28.6. The first-order valence-corrected chi connectivity index (χ1v) is 9.53. The van der Waals surface area contributed by atoms with E-state index in [1.54, 1.807) is 7.05 Å². The van der Waals surface area contributed by atoms with E-state index in [4.69, 9.17) is 0 Å². The Morgan fingerprint density at radius 1 is 1.08 bits per heavy atom. The summed E-state index contributed by atoms with van der Waals surface area (Å²) in [7, 11) is 1.62. The number of nitrogens with zero attached hydrogens (tertiary/aromatic N) is 4. The molecule has 2 aliphatic rings. The Labute approximate surface area is 155 Å². The van der Waals surface area contributed by atoms with E-state index in [-0.39, 0.29) is 11.8 Å². The fraction of sp³-hybridized carbons (Fsp3) is 0.550. The van der Waals surface area contributed by atoms with Crippen molar-refractivity contribution in [1.82, 2.24) is 14.8 Å². The van der Waals surface area contributed by atoms with E-state index >= 15 is 0 Å². The van der Waals surface area contributed by atoms with E-state index in [9.17, 15) is 9.59 Å². The Morgan fingerprint density at radius 2 is 1.88 bits per heavy atom. The average Bonchev–Trinajstić information content (AvgIpc) is 2.90. The smallest absolute Gasteiger partial charge is 0.270 e. The maximum absolute atomic E-state index is 12.7. The third-order valence-electron chi connectivity index (χ3n) is 5.11. The molecule has 26 heavy (non-hydrogen) atoms. The molecule has 3 rings (SSSR count). The van der Waals surface area contributed by atoms with Gasteiger partial charge in [0.25, 0.3) is 5.91 Å². The molecule has 2 heterocycles. The largest absolute Gasteiger partial charge is 0.336 e. The van der Waals surface area contributed by atoms with E-state index < -0.39 is 0 Å². The number of benzene rings is 1. The van der Waals surface area contributed by atoms with Gasteiger partial charge in [-0.3, -0.25) is 9.59 Å². The lowest BCUT2D eigenvalue weighted by Crippen LogP contribution is -2.42. The standard InChI is InChI=1S/C20H28N4O2/c1-22-19(25)11-10-18(21-22)20(26)24-14-6-13-23(15-16-24)12-5-9-17-7-3-2-4-8-17/h2-4,7-8H,5-6,9-16H2,1H3. The van der Waals surface area contributed by atoms with Gasteiger partial charge in [0, 0.05) is 39.5 Å². The molecule has 0 bridgehead atoms. The van der Waals surface area contributed by atoms with Crippen LogP contribution in [-0.2, 0) is 16.0 Å². The van der Waals surface area contributed by atoms with Crippen LogP contribution in [0.15, 0.2) is 35.4 Å². The lowest BCUT2D eigenvalue weighted by atomic mass is 10.1. The quantitative estimate of drug-likeness (QED) is 0.808. The second kappa shape index (κ2) is 8.94. The lowest BCUT2D eigenvalue weighted by molar-refractivity contribution is -0.130. The molecule has 0 saturated carbocycles. The van der Waals surface area contributed by atoms with Crippen LogP contribution in [0.5, 0.6) is 0 Å². The van der Waals surface area contributed by atoms with E-state index in [0.717, 1.165) is 52.0 Å². The molecule has 0 spiro atoms. The van der Waals surface area contributed by atoms with Gasteiger partial charge in [0.15, 0.2) is 0 Å². The van der Waals surface area contributed by atoms with Crippen molar-refractivity contribution < 1.29 is 9.59 Å². The minimum absolute atomic E-state index is 0.00418. The highest BCUT2D eigenvalue weighted by molar-refractivity contribution is 6.39. The fourth-order valence-electron chi connectivity index (χ4n) is 3.56. The average molecular weight is 356 g/mol. The van der Waals surface area contributed by atoms with Gasteiger partial charge in [-0.25, -0.2) is 5.01 Å². The van der Waals surface area contributed by atoms with Crippen LogP contribution in [0.2, 0.25) is 0 Å². The van der Waals surface area contributed by atoms with Gasteiger partial charge in [0.05, 0.1) is 0 Å². The number of amides is 2. The predicted molar refractivity (Wildman–Crippen MR) is 102 cm³/mol. The van der Waals surface area contributed by atoms with Gasteiger partial charge in [-0.05, 0) is 37.9 Å². The number of hydrogen-bond donors (Lipinski definition) is 0. The molecule has 6 nitrogen and oxygen atoms in total. The highest BCUT2D eigenvalue weighted by Crippen LogP contribution is 2.12. The lowest BCUT2D eigenvalue weighted by Gasteiger charge is -2.25. The maximum Gasteiger partial charge on any atom is 0.270 e. The topological polar surface area (TPSA) is 56.2 Å². The molecule has 140 valence electrons. The van der Waals surface area contributed by atoms with Gasteiger partial charge in [0.2, 0.25) is 5.91 Å². The van der Waals surface area contributed by atoms with Crippen molar-refractivity contribution in [2.45, 2.75) is 32.1 Å². The van der Waals surface area contributed by atoms with E-state index in [0.29, 0.717) is 18.6 Å². The molecule has 0 unspecified atom stereocenters. The summed E-state index contributed by atoms with van der Waals surface area (Å²) in [6.45, 7) is 4.51. The summed E-state index contributed by atoms with van der Waals surface area (Å²) < 4.78 is 0. The number of aryl methyl sites for hydroxylation is 1. The SMILES string of the molecule is CN1N=C(C(=O)N2CCCN(CCCc3ccccc3)CC2)CCC1=O. The van der Waals surface area contributed by atoms with Gasteiger partial charge in [0.1, 0.15) is 5.71 Å². The number of hydrazone groups is 1. The monoisotopic (exact) mass is 356 g/mol. The molecule has 0 atom stereocenters. The van der Waals surface area contributed by atoms with Gasteiger partial charge in [-0.2, -0.15) is 5.10 Å². The van der Waals surface area contributed by atoms with Crippen molar-refractivity contribution in [2.24, 2.45) is 5.10 Å². The van der Waals surface area contributed by atoms with Crippen molar-refractivity contribution in [3.63, 3.8) is 0 Å². The van der Waals surface area contributed by atoms with Crippen molar-refractivity contribution in [1.29, 1.82) is 0 Å². The summed E-state index contributed by atoms with van der Waals surface area (Å²) in [6.07, 6.45) is 4.05. The van der Waals surface area contributed by atoms with Crippen LogP contribution >= 0.6 is 0 Å². The Bertz CT molecular complexity index is 659. The minimum Gasteiger partial charge on any atom is -0.336 e. The normalized spacial score (nSPS) is 19.3. The second-order valence-corrected chi connectivity index (χ2v) is 7.04. The second-order valence-electron chi connectivity index (χ2n) is 7.04. The molecule has 0 aromatic heterocycles. The molecular formula is C20H28N4O2. The number of carbonyl (C=O) groups excluding carboxylic acids is 2. The van der Waals surface area contributed by atoms with Gasteiger partial charge in [-0.15, -0.1) is 0 Å². The van der Waals surface area contributed by atoms with Crippen molar-refractivity contribution in [3.8, 4) is 0 Å². The maximum atomic E-state index is 12.7. The summed E-state index contributed by atoms with van der Waals surface area (Å²) >= 11 is 0. The first-order valence-electron chi connectivity index (χ1n) is 9.53. The van der Waals surface area contributed by atoms with Crippen LogP contribution in [0.4, 0.5) is 0 Å². The highest BCUT2D eigenvalue weighted by Gasteiger charge is 2.27. The Kier molecular flexibility index (Phi) is 6.39. The molecule has 0 N–H and O–H groups in total. The zero-order valence-electron chi connectivity index (χ0n) is 15.6. The van der Waals surface area contributed by atoms with Crippen LogP contribution in [0.25, 0.3) is 0 Å². The Hall–Kier alpha value is -2.21. The Morgan fingerprint density at radius 3 is 2.65 bits per heavy atom. The fourth-order valence-corrected chi connectivity index (χ4v) is 3.56. The van der Waals surface area contributed by atoms with Gasteiger partial charge < -0.3 is 9.80 Å². The van der Waals surface area contributed by atoms with Crippen LogP contribution in [-0.4, -0.2) is 72.1 Å².